The predicted octanol–water partition coefficient (Wildman–Crippen LogP) is 2.51. The van der Waals surface area contributed by atoms with Gasteiger partial charge in [0.05, 0.1) is 23.5 Å². The Kier molecular flexibility index (Phi) is 3.52. The lowest BCUT2D eigenvalue weighted by molar-refractivity contribution is -0.137. The summed E-state index contributed by atoms with van der Waals surface area (Å²) in [5.74, 6) is -0.418. The third kappa shape index (κ3) is 2.97. The van der Waals surface area contributed by atoms with E-state index >= 15 is 0 Å². The fourth-order valence-electron chi connectivity index (χ4n) is 3.01. The van der Waals surface area contributed by atoms with Gasteiger partial charge in [-0.15, -0.1) is 0 Å². The third-order valence-corrected chi connectivity index (χ3v) is 4.40. The maximum Gasteiger partial charge on any atom is 0.418 e. The fraction of sp³-hybridized carbons (Fsp3) is 0.312. The number of aromatic nitrogens is 2. The van der Waals surface area contributed by atoms with Gasteiger partial charge in [0, 0.05) is 23.7 Å². The Labute approximate surface area is 140 Å². The molecule has 0 saturated heterocycles. The van der Waals surface area contributed by atoms with Gasteiger partial charge in [0.1, 0.15) is 0 Å². The van der Waals surface area contributed by atoms with Gasteiger partial charge in [-0.05, 0) is 30.2 Å². The highest BCUT2D eigenvalue weighted by atomic mass is 19.4. The molecule has 130 valence electrons. The molecule has 2 aromatic rings. The molecule has 1 aliphatic carbocycles. The number of fused-ring (bicyclic) bond motifs is 1. The minimum Gasteiger partial charge on any atom is -0.379 e. The van der Waals surface area contributed by atoms with Gasteiger partial charge >= 0.3 is 6.18 Å². The normalized spacial score (nSPS) is 22.0. The second kappa shape index (κ2) is 5.61. The number of hydrazone groups is 1. The van der Waals surface area contributed by atoms with Crippen molar-refractivity contribution in [2.45, 2.75) is 19.1 Å². The number of carbonyl (C=O) groups excluding carboxylic acids is 1. The number of rotatable bonds is 4. The molecule has 0 spiro atoms. The second-order valence-corrected chi connectivity index (χ2v) is 6.10. The lowest BCUT2D eigenvalue weighted by Gasteiger charge is -2.17. The Morgan fingerprint density at radius 3 is 2.80 bits per heavy atom. The van der Waals surface area contributed by atoms with Crippen molar-refractivity contribution in [1.29, 1.82) is 0 Å². The quantitative estimate of drug-likeness (QED) is 0.793. The van der Waals surface area contributed by atoms with Crippen molar-refractivity contribution in [2.24, 2.45) is 16.9 Å². The molecular weight excluding hydrogens is 335 g/mol. The van der Waals surface area contributed by atoms with Gasteiger partial charge in [0.2, 0.25) is 5.91 Å². The van der Waals surface area contributed by atoms with Crippen molar-refractivity contribution in [3.05, 3.63) is 47.3 Å². The van der Waals surface area contributed by atoms with Crippen LogP contribution in [0.25, 0.3) is 0 Å². The van der Waals surface area contributed by atoms with Crippen LogP contribution in [0.5, 0.6) is 0 Å². The molecule has 1 saturated carbocycles. The third-order valence-electron chi connectivity index (χ3n) is 4.40. The molecule has 2 aliphatic rings. The molecule has 2 unspecified atom stereocenters. The second-order valence-electron chi connectivity index (χ2n) is 6.10. The van der Waals surface area contributed by atoms with Gasteiger partial charge in [-0.1, -0.05) is 6.07 Å². The SMILES string of the molecule is O=C1NN=C(c2ccc(NCc3cc[nH]n3)c(C(F)(F)F)c2)C2CC12. The van der Waals surface area contributed by atoms with Crippen molar-refractivity contribution < 1.29 is 18.0 Å². The number of nitrogens with one attached hydrogen (secondary N) is 3. The van der Waals surface area contributed by atoms with E-state index in [2.05, 4.69) is 26.0 Å². The van der Waals surface area contributed by atoms with Crippen LogP contribution in [0, 0.1) is 11.8 Å². The molecule has 4 rings (SSSR count). The summed E-state index contributed by atoms with van der Waals surface area (Å²) in [6, 6.07) is 5.74. The van der Waals surface area contributed by atoms with Crippen LogP contribution in [0.3, 0.4) is 0 Å². The number of anilines is 1. The summed E-state index contributed by atoms with van der Waals surface area (Å²) < 4.78 is 40.4. The standard InChI is InChI=1S/C16H14F3N5O/c17-16(18,19)12-5-8(14-10-6-11(10)15(25)24-23-14)1-2-13(12)20-7-9-3-4-21-22-9/h1-5,10-11,20H,6-7H2,(H,21,22)(H,24,25). The zero-order chi connectivity index (χ0) is 17.6. The van der Waals surface area contributed by atoms with Gasteiger partial charge in [0.15, 0.2) is 0 Å². The van der Waals surface area contributed by atoms with E-state index in [0.29, 0.717) is 23.4 Å². The molecule has 3 N–H and O–H groups in total. The Hall–Kier alpha value is -2.84. The largest absolute Gasteiger partial charge is 0.418 e. The Balaban J connectivity index is 1.63. The Bertz CT molecular complexity index is 844. The van der Waals surface area contributed by atoms with E-state index < -0.39 is 11.7 Å². The number of halogens is 3. The zero-order valence-electron chi connectivity index (χ0n) is 12.9. The van der Waals surface area contributed by atoms with Gasteiger partial charge in [0.25, 0.3) is 0 Å². The van der Waals surface area contributed by atoms with Crippen LogP contribution >= 0.6 is 0 Å². The summed E-state index contributed by atoms with van der Waals surface area (Å²) >= 11 is 0. The van der Waals surface area contributed by atoms with Crippen LogP contribution in [0.4, 0.5) is 18.9 Å². The van der Waals surface area contributed by atoms with Gasteiger partial charge in [-0.25, -0.2) is 5.43 Å². The Morgan fingerprint density at radius 1 is 1.24 bits per heavy atom. The van der Waals surface area contributed by atoms with Gasteiger partial charge in [-0.2, -0.15) is 23.4 Å². The molecule has 1 aromatic heterocycles. The maximum atomic E-state index is 13.5. The molecule has 6 nitrogen and oxygen atoms in total. The van der Waals surface area contributed by atoms with Crippen molar-refractivity contribution in [3.63, 3.8) is 0 Å². The highest BCUT2D eigenvalue weighted by Crippen LogP contribution is 2.44. The number of carbonyl (C=O) groups is 1. The molecule has 1 fully saturated rings. The first kappa shape index (κ1) is 15.7. The lowest BCUT2D eigenvalue weighted by atomic mass is 10.00. The summed E-state index contributed by atoms with van der Waals surface area (Å²) in [6.45, 7) is 0.174. The summed E-state index contributed by atoms with van der Waals surface area (Å²) in [5.41, 5.74) is 3.09. The van der Waals surface area contributed by atoms with Crippen LogP contribution in [0.1, 0.15) is 23.2 Å². The van der Waals surface area contributed by atoms with Crippen LogP contribution in [0.2, 0.25) is 0 Å². The molecule has 1 aliphatic heterocycles. The zero-order valence-corrected chi connectivity index (χ0v) is 12.9. The first-order chi connectivity index (χ1) is 11.9. The van der Waals surface area contributed by atoms with Crippen LogP contribution in [-0.4, -0.2) is 21.8 Å². The number of hydrogen-bond acceptors (Lipinski definition) is 4. The van der Waals surface area contributed by atoms with Crippen molar-refractivity contribution in [1.82, 2.24) is 15.6 Å². The van der Waals surface area contributed by atoms with E-state index in [1.165, 1.54) is 6.07 Å². The van der Waals surface area contributed by atoms with E-state index in [1.807, 2.05) is 0 Å². The molecule has 0 radical (unpaired) electrons. The highest BCUT2D eigenvalue weighted by molar-refractivity contribution is 6.09. The average Bonchev–Trinajstić information content (AvgIpc) is 3.21. The smallest absolute Gasteiger partial charge is 0.379 e. The highest BCUT2D eigenvalue weighted by Gasteiger charge is 2.49. The Morgan fingerprint density at radius 2 is 2.08 bits per heavy atom. The topological polar surface area (TPSA) is 82.2 Å². The molecule has 2 atom stereocenters. The van der Waals surface area contributed by atoms with E-state index in [-0.39, 0.29) is 30.0 Å². The van der Waals surface area contributed by atoms with Crippen LogP contribution < -0.4 is 10.7 Å². The minimum atomic E-state index is -4.51. The minimum absolute atomic E-state index is 0.0213. The molecule has 1 amide bonds. The van der Waals surface area contributed by atoms with Gasteiger partial charge < -0.3 is 5.32 Å². The number of aromatic amines is 1. The number of alkyl halides is 3. The summed E-state index contributed by atoms with van der Waals surface area (Å²) in [5, 5.41) is 13.2. The number of amides is 1. The monoisotopic (exact) mass is 349 g/mol. The van der Waals surface area contributed by atoms with Crippen molar-refractivity contribution in [2.75, 3.05) is 5.32 Å². The van der Waals surface area contributed by atoms with Crippen molar-refractivity contribution >= 4 is 17.3 Å². The lowest BCUT2D eigenvalue weighted by Crippen LogP contribution is -2.29. The van der Waals surface area contributed by atoms with E-state index in [4.69, 9.17) is 0 Å². The van der Waals surface area contributed by atoms with Gasteiger partial charge in [-0.3, -0.25) is 9.89 Å². The molecule has 25 heavy (non-hydrogen) atoms. The summed E-state index contributed by atoms with van der Waals surface area (Å²) in [6.07, 6.45) is -2.27. The number of benzene rings is 1. The predicted molar refractivity (Wildman–Crippen MR) is 83.6 cm³/mol. The number of H-pyrrole nitrogens is 1. The molecule has 2 heterocycles. The van der Waals surface area contributed by atoms with E-state index in [9.17, 15) is 18.0 Å². The summed E-state index contributed by atoms with van der Waals surface area (Å²) in [7, 11) is 0. The molecular formula is C16H14F3N5O. The molecule has 1 aromatic carbocycles. The van der Waals surface area contributed by atoms with Crippen LogP contribution in [0.15, 0.2) is 35.6 Å². The maximum absolute atomic E-state index is 13.5. The molecule has 9 heteroatoms. The first-order valence-corrected chi connectivity index (χ1v) is 7.75. The first-order valence-electron chi connectivity index (χ1n) is 7.75. The number of nitrogens with zero attached hydrogens (tertiary/aromatic N) is 2. The van der Waals surface area contributed by atoms with E-state index in [0.717, 1.165) is 6.07 Å². The van der Waals surface area contributed by atoms with Crippen molar-refractivity contribution in [3.8, 4) is 0 Å². The van der Waals surface area contributed by atoms with E-state index in [1.54, 1.807) is 18.3 Å². The van der Waals surface area contributed by atoms with Crippen LogP contribution in [-0.2, 0) is 17.5 Å². The summed E-state index contributed by atoms with van der Waals surface area (Å²) in [4.78, 5) is 11.5. The fourth-order valence-corrected chi connectivity index (χ4v) is 3.01. The molecule has 0 bridgehead atoms. The average molecular weight is 349 g/mol. The number of hydrogen-bond donors (Lipinski definition) is 3.